The molecule has 0 aromatic rings. The molecule has 2 saturated carbocycles. The third-order valence-corrected chi connectivity index (χ3v) is 4.54. The number of ketones is 1. The second-order valence-corrected chi connectivity index (χ2v) is 6.58. The lowest BCUT2D eigenvalue weighted by molar-refractivity contribution is -0.121. The maximum atomic E-state index is 11.5. The highest BCUT2D eigenvalue weighted by Gasteiger charge is 2.28. The Morgan fingerprint density at radius 3 is 2.53 bits per heavy atom. The molecule has 0 radical (unpaired) electrons. The van der Waals surface area contributed by atoms with Crippen LogP contribution in [0.2, 0.25) is 0 Å². The van der Waals surface area contributed by atoms with Crippen LogP contribution in [-0.2, 0) is 9.53 Å². The Kier molecular flexibility index (Phi) is 4.24. The van der Waals surface area contributed by atoms with E-state index in [0.29, 0.717) is 23.2 Å². The van der Waals surface area contributed by atoms with Crippen molar-refractivity contribution in [2.24, 2.45) is 11.3 Å². The molecule has 0 spiro atoms. The van der Waals surface area contributed by atoms with Crippen molar-refractivity contribution < 1.29 is 9.53 Å². The number of rotatable bonds is 4. The standard InChI is InChI=1S/C15H26O2/c1-15(2)9-6-13(7-10-15)17-11-8-12-4-3-5-14(12)16/h12-13H,3-11H2,1-2H3. The van der Waals surface area contributed by atoms with Crippen molar-refractivity contribution in [1.29, 1.82) is 0 Å². The van der Waals surface area contributed by atoms with Gasteiger partial charge in [-0.3, -0.25) is 4.79 Å². The Morgan fingerprint density at radius 1 is 1.24 bits per heavy atom. The predicted octanol–water partition coefficient (Wildman–Crippen LogP) is 3.73. The minimum Gasteiger partial charge on any atom is -0.378 e. The van der Waals surface area contributed by atoms with Crippen LogP contribution in [0.3, 0.4) is 0 Å². The highest BCUT2D eigenvalue weighted by molar-refractivity contribution is 5.82. The van der Waals surface area contributed by atoms with Gasteiger partial charge in [-0.15, -0.1) is 0 Å². The molecule has 2 aliphatic carbocycles. The van der Waals surface area contributed by atoms with Gasteiger partial charge in [0.05, 0.1) is 6.10 Å². The summed E-state index contributed by atoms with van der Waals surface area (Å²) < 4.78 is 5.93. The number of carbonyl (C=O) groups is 1. The lowest BCUT2D eigenvalue weighted by atomic mass is 9.76. The van der Waals surface area contributed by atoms with Crippen LogP contribution in [0, 0.1) is 11.3 Å². The van der Waals surface area contributed by atoms with Gasteiger partial charge in [-0.2, -0.15) is 0 Å². The van der Waals surface area contributed by atoms with Crippen molar-refractivity contribution in [3.05, 3.63) is 0 Å². The van der Waals surface area contributed by atoms with Crippen molar-refractivity contribution in [2.45, 2.75) is 71.3 Å². The van der Waals surface area contributed by atoms with Crippen molar-refractivity contribution in [3.63, 3.8) is 0 Å². The van der Waals surface area contributed by atoms with Crippen LogP contribution in [0.4, 0.5) is 0 Å². The molecule has 2 aliphatic rings. The normalized spacial score (nSPS) is 29.8. The second kappa shape index (κ2) is 5.51. The number of hydrogen-bond acceptors (Lipinski definition) is 2. The molecule has 0 aromatic heterocycles. The van der Waals surface area contributed by atoms with Crippen LogP contribution >= 0.6 is 0 Å². The molecule has 2 nitrogen and oxygen atoms in total. The Balaban J connectivity index is 1.61. The van der Waals surface area contributed by atoms with E-state index in [1.165, 1.54) is 25.7 Å². The van der Waals surface area contributed by atoms with E-state index in [2.05, 4.69) is 13.8 Å². The van der Waals surface area contributed by atoms with Gasteiger partial charge in [0.15, 0.2) is 0 Å². The molecule has 0 heterocycles. The molecule has 0 aromatic carbocycles. The zero-order chi connectivity index (χ0) is 12.3. The molecule has 0 N–H and O–H groups in total. The monoisotopic (exact) mass is 238 g/mol. The van der Waals surface area contributed by atoms with E-state index in [-0.39, 0.29) is 0 Å². The van der Waals surface area contributed by atoms with E-state index >= 15 is 0 Å². The lowest BCUT2D eigenvalue weighted by Gasteiger charge is -2.34. The molecule has 0 saturated heterocycles. The van der Waals surface area contributed by atoms with Crippen molar-refractivity contribution in [3.8, 4) is 0 Å². The lowest BCUT2D eigenvalue weighted by Crippen LogP contribution is -2.27. The van der Waals surface area contributed by atoms with E-state index in [4.69, 9.17) is 4.74 Å². The molecule has 0 bridgehead atoms. The largest absolute Gasteiger partial charge is 0.378 e. The number of carbonyl (C=O) groups excluding carboxylic acids is 1. The van der Waals surface area contributed by atoms with Gasteiger partial charge in [0.2, 0.25) is 0 Å². The molecule has 98 valence electrons. The zero-order valence-corrected chi connectivity index (χ0v) is 11.3. The highest BCUT2D eigenvalue weighted by atomic mass is 16.5. The highest BCUT2D eigenvalue weighted by Crippen LogP contribution is 2.36. The van der Waals surface area contributed by atoms with Gasteiger partial charge in [0.25, 0.3) is 0 Å². The van der Waals surface area contributed by atoms with E-state index < -0.39 is 0 Å². The second-order valence-electron chi connectivity index (χ2n) is 6.58. The van der Waals surface area contributed by atoms with E-state index in [1.807, 2.05) is 0 Å². The fourth-order valence-electron chi connectivity index (χ4n) is 3.11. The van der Waals surface area contributed by atoms with E-state index in [0.717, 1.165) is 32.3 Å². The molecular weight excluding hydrogens is 212 g/mol. The molecule has 1 unspecified atom stereocenters. The summed E-state index contributed by atoms with van der Waals surface area (Å²) in [5.74, 6) is 0.786. The molecule has 1 atom stereocenters. The predicted molar refractivity (Wildman–Crippen MR) is 69.0 cm³/mol. The quantitative estimate of drug-likeness (QED) is 0.746. The molecule has 2 heteroatoms. The molecule has 0 aliphatic heterocycles. The van der Waals surface area contributed by atoms with E-state index in [9.17, 15) is 4.79 Å². The van der Waals surface area contributed by atoms with Crippen molar-refractivity contribution >= 4 is 5.78 Å². The molecule has 2 rings (SSSR count). The first-order chi connectivity index (χ1) is 8.07. The molecular formula is C15H26O2. The number of ether oxygens (including phenoxy) is 1. The Hall–Kier alpha value is -0.370. The summed E-state index contributed by atoms with van der Waals surface area (Å²) in [5, 5.41) is 0. The summed E-state index contributed by atoms with van der Waals surface area (Å²) in [7, 11) is 0. The van der Waals surface area contributed by atoms with Crippen molar-refractivity contribution in [2.75, 3.05) is 6.61 Å². The zero-order valence-electron chi connectivity index (χ0n) is 11.3. The summed E-state index contributed by atoms with van der Waals surface area (Å²) in [5.41, 5.74) is 0.515. The van der Waals surface area contributed by atoms with Gasteiger partial charge in [0.1, 0.15) is 5.78 Å². The Morgan fingerprint density at radius 2 is 1.94 bits per heavy atom. The first kappa shape index (κ1) is 13.1. The maximum absolute atomic E-state index is 11.5. The molecule has 0 amide bonds. The first-order valence-electron chi connectivity index (χ1n) is 7.21. The topological polar surface area (TPSA) is 26.3 Å². The summed E-state index contributed by atoms with van der Waals surface area (Å²) in [4.78, 5) is 11.5. The van der Waals surface area contributed by atoms with E-state index in [1.54, 1.807) is 0 Å². The van der Waals surface area contributed by atoms with Gasteiger partial charge in [-0.05, 0) is 50.4 Å². The van der Waals surface area contributed by atoms with Crippen LogP contribution in [0.25, 0.3) is 0 Å². The van der Waals surface area contributed by atoms with Crippen LogP contribution in [0.15, 0.2) is 0 Å². The third-order valence-electron chi connectivity index (χ3n) is 4.54. The average Bonchev–Trinajstić information content (AvgIpc) is 2.67. The summed E-state index contributed by atoms with van der Waals surface area (Å²) in [6.45, 7) is 5.49. The van der Waals surface area contributed by atoms with Gasteiger partial charge >= 0.3 is 0 Å². The van der Waals surface area contributed by atoms with Gasteiger partial charge in [-0.25, -0.2) is 0 Å². The minimum atomic E-state index is 0.315. The first-order valence-corrected chi connectivity index (χ1v) is 7.21. The summed E-state index contributed by atoms with van der Waals surface area (Å²) in [6, 6.07) is 0. The number of Topliss-reactive ketones (excluding diaryl/α,β-unsaturated/α-hetero) is 1. The Bertz CT molecular complexity index is 260. The minimum absolute atomic E-state index is 0.315. The van der Waals surface area contributed by atoms with Crippen LogP contribution in [-0.4, -0.2) is 18.5 Å². The third kappa shape index (κ3) is 3.80. The fourth-order valence-corrected chi connectivity index (χ4v) is 3.11. The van der Waals surface area contributed by atoms with Gasteiger partial charge < -0.3 is 4.74 Å². The van der Waals surface area contributed by atoms with Crippen LogP contribution in [0.1, 0.15) is 65.2 Å². The van der Waals surface area contributed by atoms with Crippen molar-refractivity contribution in [1.82, 2.24) is 0 Å². The maximum Gasteiger partial charge on any atom is 0.136 e. The number of hydrogen-bond donors (Lipinski definition) is 0. The van der Waals surface area contributed by atoms with Gasteiger partial charge in [0, 0.05) is 18.9 Å². The van der Waals surface area contributed by atoms with Crippen LogP contribution < -0.4 is 0 Å². The molecule has 17 heavy (non-hydrogen) atoms. The van der Waals surface area contributed by atoms with Crippen LogP contribution in [0.5, 0.6) is 0 Å². The summed E-state index contributed by atoms with van der Waals surface area (Å²) >= 11 is 0. The van der Waals surface area contributed by atoms with Gasteiger partial charge in [-0.1, -0.05) is 13.8 Å². The average molecular weight is 238 g/mol. The SMILES string of the molecule is CC1(C)CCC(OCCC2CCCC2=O)CC1. The smallest absolute Gasteiger partial charge is 0.136 e. The molecule has 2 fully saturated rings. The summed E-state index contributed by atoms with van der Waals surface area (Å²) in [6.07, 6.45) is 9.37. The fraction of sp³-hybridized carbons (Fsp3) is 0.933. The Labute approximate surface area is 105 Å².